The number of nitrogens with zero attached hydrogens (tertiary/aromatic N) is 3. The summed E-state index contributed by atoms with van der Waals surface area (Å²) < 4.78 is 5.70. The molecule has 0 bridgehead atoms. The van der Waals surface area contributed by atoms with Gasteiger partial charge in [-0.25, -0.2) is 4.98 Å². The second-order valence-electron chi connectivity index (χ2n) is 8.25. The molecule has 1 aliphatic heterocycles. The lowest BCUT2D eigenvalue weighted by Gasteiger charge is -2.24. The normalized spacial score (nSPS) is 24.3. The van der Waals surface area contributed by atoms with Crippen LogP contribution in [0.5, 0.6) is 5.88 Å². The lowest BCUT2D eigenvalue weighted by atomic mass is 10.2. The van der Waals surface area contributed by atoms with Crippen LogP contribution in [0.25, 0.3) is 0 Å². The van der Waals surface area contributed by atoms with E-state index in [1.54, 1.807) is 0 Å². The van der Waals surface area contributed by atoms with Crippen molar-refractivity contribution in [2.24, 2.45) is 10.9 Å². The summed E-state index contributed by atoms with van der Waals surface area (Å²) in [7, 11) is 1.84. The van der Waals surface area contributed by atoms with E-state index in [4.69, 9.17) is 4.74 Å². The number of rotatable bonds is 7. The van der Waals surface area contributed by atoms with Gasteiger partial charge in [-0.1, -0.05) is 18.9 Å². The summed E-state index contributed by atoms with van der Waals surface area (Å²) in [5.41, 5.74) is 1.13. The summed E-state index contributed by atoms with van der Waals surface area (Å²) in [5.74, 6) is 2.36. The van der Waals surface area contributed by atoms with E-state index in [0.717, 1.165) is 42.5 Å². The van der Waals surface area contributed by atoms with E-state index in [0.29, 0.717) is 12.6 Å². The minimum atomic E-state index is 0.494. The molecule has 0 amide bonds. The molecule has 2 heterocycles. The Labute approximate surface area is 162 Å². The number of pyridine rings is 1. The van der Waals surface area contributed by atoms with Crippen LogP contribution in [-0.2, 0) is 6.54 Å². The Morgan fingerprint density at radius 2 is 2.07 bits per heavy atom. The predicted octanol–water partition coefficient (Wildman–Crippen LogP) is 2.55. The Kier molecular flexibility index (Phi) is 6.12. The molecular weight excluding hydrogens is 338 g/mol. The van der Waals surface area contributed by atoms with E-state index in [9.17, 15) is 0 Å². The van der Waals surface area contributed by atoms with Crippen LogP contribution in [0.15, 0.2) is 23.3 Å². The van der Waals surface area contributed by atoms with Crippen LogP contribution in [0.1, 0.15) is 50.5 Å². The van der Waals surface area contributed by atoms with Crippen LogP contribution in [0.3, 0.4) is 0 Å². The molecule has 3 aliphatic rings. The summed E-state index contributed by atoms with van der Waals surface area (Å²) in [4.78, 5) is 11.5. The molecular formula is C21H33N5O. The van der Waals surface area contributed by atoms with Crippen molar-refractivity contribution in [2.45, 2.75) is 63.6 Å². The SMILES string of the molecule is CN=C(NCc1ccc(OCC2CC2)nc1)NC1CCN(C2CCCC2)C1. The largest absolute Gasteiger partial charge is 0.477 e. The highest BCUT2D eigenvalue weighted by Gasteiger charge is 2.30. The average molecular weight is 372 g/mol. The van der Waals surface area contributed by atoms with Crippen LogP contribution in [0.4, 0.5) is 0 Å². The first-order valence-electron chi connectivity index (χ1n) is 10.6. The van der Waals surface area contributed by atoms with Gasteiger partial charge in [-0.15, -0.1) is 0 Å². The molecule has 2 N–H and O–H groups in total. The molecule has 6 heteroatoms. The zero-order valence-electron chi connectivity index (χ0n) is 16.5. The van der Waals surface area contributed by atoms with Crippen molar-refractivity contribution >= 4 is 5.96 Å². The molecule has 1 atom stereocenters. The Bertz CT molecular complexity index is 622. The zero-order valence-corrected chi connectivity index (χ0v) is 16.5. The standard InChI is InChI=1S/C21H33N5O/c1-22-21(25-18-10-11-26(14-18)19-4-2-3-5-19)24-13-17-8-9-20(23-12-17)27-15-16-6-7-16/h8-9,12,16,18-19H,2-7,10-11,13-15H2,1H3,(H2,22,24,25). The zero-order chi connectivity index (χ0) is 18.5. The van der Waals surface area contributed by atoms with Gasteiger partial charge in [-0.2, -0.15) is 0 Å². The number of aliphatic imine (C=N–C) groups is 1. The summed E-state index contributed by atoms with van der Waals surface area (Å²) in [6.45, 7) is 3.88. The maximum atomic E-state index is 5.70. The van der Waals surface area contributed by atoms with E-state index in [1.165, 1.54) is 51.5 Å². The highest BCUT2D eigenvalue weighted by Crippen LogP contribution is 2.29. The number of ether oxygens (including phenoxy) is 1. The van der Waals surface area contributed by atoms with Crippen LogP contribution in [0.2, 0.25) is 0 Å². The quantitative estimate of drug-likeness (QED) is 0.570. The van der Waals surface area contributed by atoms with E-state index >= 15 is 0 Å². The molecule has 0 aromatic carbocycles. The third-order valence-corrected chi connectivity index (χ3v) is 6.05. The van der Waals surface area contributed by atoms with Gasteiger partial charge in [-0.05, 0) is 43.6 Å². The summed E-state index contributed by atoms with van der Waals surface area (Å²) >= 11 is 0. The third kappa shape index (κ3) is 5.34. The Morgan fingerprint density at radius 1 is 1.22 bits per heavy atom. The second-order valence-corrected chi connectivity index (χ2v) is 8.25. The number of nitrogens with one attached hydrogen (secondary N) is 2. The minimum absolute atomic E-state index is 0.494. The van der Waals surface area contributed by atoms with Gasteiger partial charge in [0.05, 0.1) is 6.61 Å². The highest BCUT2D eigenvalue weighted by atomic mass is 16.5. The van der Waals surface area contributed by atoms with Crippen LogP contribution in [-0.4, -0.2) is 54.7 Å². The number of hydrogen-bond donors (Lipinski definition) is 2. The fourth-order valence-corrected chi connectivity index (χ4v) is 4.17. The first kappa shape index (κ1) is 18.5. The van der Waals surface area contributed by atoms with Gasteiger partial charge < -0.3 is 15.4 Å². The lowest BCUT2D eigenvalue weighted by molar-refractivity contribution is 0.242. The molecule has 3 fully saturated rings. The molecule has 0 radical (unpaired) electrons. The van der Waals surface area contributed by atoms with Crippen molar-refractivity contribution in [1.29, 1.82) is 0 Å². The van der Waals surface area contributed by atoms with Crippen LogP contribution >= 0.6 is 0 Å². The monoisotopic (exact) mass is 371 g/mol. The Balaban J connectivity index is 1.19. The maximum absolute atomic E-state index is 5.70. The van der Waals surface area contributed by atoms with E-state index < -0.39 is 0 Å². The summed E-state index contributed by atoms with van der Waals surface area (Å²) in [6, 6.07) is 5.35. The van der Waals surface area contributed by atoms with Crippen molar-refractivity contribution in [3.63, 3.8) is 0 Å². The smallest absolute Gasteiger partial charge is 0.213 e. The average Bonchev–Trinajstić information content (AvgIpc) is 3.17. The molecule has 6 nitrogen and oxygen atoms in total. The van der Waals surface area contributed by atoms with Crippen molar-refractivity contribution in [2.75, 3.05) is 26.7 Å². The molecule has 1 unspecified atom stereocenters. The summed E-state index contributed by atoms with van der Waals surface area (Å²) in [6.07, 6.45) is 11.3. The van der Waals surface area contributed by atoms with Gasteiger partial charge in [0.2, 0.25) is 5.88 Å². The van der Waals surface area contributed by atoms with Crippen molar-refractivity contribution < 1.29 is 4.74 Å². The van der Waals surface area contributed by atoms with E-state index in [-0.39, 0.29) is 0 Å². The first-order chi connectivity index (χ1) is 13.3. The molecule has 0 spiro atoms. The molecule has 2 saturated carbocycles. The van der Waals surface area contributed by atoms with E-state index in [1.807, 2.05) is 19.3 Å². The van der Waals surface area contributed by atoms with Crippen molar-refractivity contribution in [3.05, 3.63) is 23.9 Å². The number of hydrogen-bond acceptors (Lipinski definition) is 4. The molecule has 4 rings (SSSR count). The molecule has 2 aliphatic carbocycles. The molecule has 148 valence electrons. The third-order valence-electron chi connectivity index (χ3n) is 6.05. The predicted molar refractivity (Wildman–Crippen MR) is 108 cm³/mol. The molecule has 1 saturated heterocycles. The Hall–Kier alpha value is -1.82. The molecule has 1 aromatic heterocycles. The summed E-state index contributed by atoms with van der Waals surface area (Å²) in [5, 5.41) is 7.01. The Morgan fingerprint density at radius 3 is 2.78 bits per heavy atom. The second kappa shape index (κ2) is 8.91. The molecule has 27 heavy (non-hydrogen) atoms. The first-order valence-corrected chi connectivity index (χ1v) is 10.6. The minimum Gasteiger partial charge on any atom is -0.477 e. The number of guanidine groups is 1. The van der Waals surface area contributed by atoms with Gasteiger partial charge >= 0.3 is 0 Å². The van der Waals surface area contributed by atoms with Crippen LogP contribution in [0, 0.1) is 5.92 Å². The topological polar surface area (TPSA) is 61.8 Å². The lowest BCUT2D eigenvalue weighted by Crippen LogP contribution is -2.45. The number of likely N-dealkylation sites (tertiary alicyclic amines) is 1. The number of aromatic nitrogens is 1. The van der Waals surface area contributed by atoms with Gasteiger partial charge in [-0.3, -0.25) is 9.89 Å². The van der Waals surface area contributed by atoms with Gasteiger partial charge in [0.15, 0.2) is 5.96 Å². The van der Waals surface area contributed by atoms with E-state index in [2.05, 4.69) is 31.6 Å². The van der Waals surface area contributed by atoms with Crippen molar-refractivity contribution in [3.8, 4) is 5.88 Å². The maximum Gasteiger partial charge on any atom is 0.213 e. The fourth-order valence-electron chi connectivity index (χ4n) is 4.17. The van der Waals surface area contributed by atoms with Crippen molar-refractivity contribution in [1.82, 2.24) is 20.5 Å². The van der Waals surface area contributed by atoms with Gasteiger partial charge in [0.1, 0.15) is 0 Å². The highest BCUT2D eigenvalue weighted by molar-refractivity contribution is 5.80. The van der Waals surface area contributed by atoms with Gasteiger partial charge in [0.25, 0.3) is 0 Å². The molecule has 1 aromatic rings. The van der Waals surface area contributed by atoms with Gasteiger partial charge in [0, 0.05) is 51.0 Å². The fraction of sp³-hybridized carbons (Fsp3) is 0.714. The van der Waals surface area contributed by atoms with Crippen LogP contribution < -0.4 is 15.4 Å².